The van der Waals surface area contributed by atoms with Crippen molar-refractivity contribution >= 4 is 0 Å². The van der Waals surface area contributed by atoms with Gasteiger partial charge >= 0.3 is 0 Å². The third-order valence-corrected chi connectivity index (χ3v) is 1.70. The SMILES string of the molecule is CC.CCN(C)CCN(C)NCO. The minimum Gasteiger partial charge on any atom is -0.380 e. The summed E-state index contributed by atoms with van der Waals surface area (Å²) >= 11 is 0. The minimum atomic E-state index is 0.00629. The number of hydrogen-bond acceptors (Lipinski definition) is 4. The molecule has 0 amide bonds. The summed E-state index contributed by atoms with van der Waals surface area (Å²) in [5.41, 5.74) is 2.79. The summed E-state index contributed by atoms with van der Waals surface area (Å²) in [6.45, 7) is 9.13. The highest BCUT2D eigenvalue weighted by Gasteiger charge is 1.97. The van der Waals surface area contributed by atoms with Gasteiger partial charge in [0.05, 0.1) is 0 Å². The molecule has 0 aliphatic heterocycles. The highest BCUT2D eigenvalue weighted by Crippen LogP contribution is 1.81. The largest absolute Gasteiger partial charge is 0.380 e. The van der Waals surface area contributed by atoms with Gasteiger partial charge < -0.3 is 10.0 Å². The Bertz CT molecular complexity index is 90.9. The fourth-order valence-corrected chi connectivity index (χ4v) is 0.679. The average Bonchev–Trinajstić information content (AvgIpc) is 2.18. The van der Waals surface area contributed by atoms with Gasteiger partial charge in [0.15, 0.2) is 0 Å². The number of likely N-dealkylation sites (N-methyl/N-ethyl adjacent to an activating group) is 2. The number of hydrazine groups is 1. The first-order valence-corrected chi connectivity index (χ1v) is 4.94. The first-order chi connectivity index (χ1) is 6.20. The maximum absolute atomic E-state index is 8.49. The Morgan fingerprint density at radius 2 is 1.69 bits per heavy atom. The zero-order chi connectivity index (χ0) is 10.7. The minimum absolute atomic E-state index is 0.00629. The molecule has 13 heavy (non-hydrogen) atoms. The van der Waals surface area contributed by atoms with Gasteiger partial charge in [0.2, 0.25) is 0 Å². The van der Waals surface area contributed by atoms with E-state index in [0.717, 1.165) is 19.6 Å². The van der Waals surface area contributed by atoms with Crippen LogP contribution in [-0.4, -0.2) is 55.5 Å². The quantitative estimate of drug-likeness (QED) is 0.469. The molecule has 0 rings (SSSR count). The summed E-state index contributed by atoms with van der Waals surface area (Å²) in [5, 5.41) is 10.4. The van der Waals surface area contributed by atoms with Crippen molar-refractivity contribution in [2.45, 2.75) is 20.8 Å². The van der Waals surface area contributed by atoms with Crippen LogP contribution in [0.4, 0.5) is 0 Å². The van der Waals surface area contributed by atoms with Crippen molar-refractivity contribution in [1.29, 1.82) is 0 Å². The van der Waals surface area contributed by atoms with Gasteiger partial charge in [0.25, 0.3) is 0 Å². The average molecular weight is 191 g/mol. The van der Waals surface area contributed by atoms with Crippen molar-refractivity contribution in [3.05, 3.63) is 0 Å². The van der Waals surface area contributed by atoms with Crippen LogP contribution in [0.15, 0.2) is 0 Å². The maximum Gasteiger partial charge on any atom is 0.106 e. The van der Waals surface area contributed by atoms with Crippen LogP contribution in [0, 0.1) is 0 Å². The van der Waals surface area contributed by atoms with Crippen molar-refractivity contribution in [3.8, 4) is 0 Å². The van der Waals surface area contributed by atoms with Crippen LogP contribution in [0.3, 0.4) is 0 Å². The Labute approximate surface area is 82.5 Å². The summed E-state index contributed by atoms with van der Waals surface area (Å²) < 4.78 is 0. The molecule has 0 aromatic carbocycles. The molecule has 0 unspecified atom stereocenters. The highest BCUT2D eigenvalue weighted by atomic mass is 16.3. The van der Waals surface area contributed by atoms with E-state index in [0.29, 0.717) is 0 Å². The predicted octanol–water partition coefficient (Wildman–Crippen LogP) is 0.351. The molecule has 4 nitrogen and oxygen atoms in total. The van der Waals surface area contributed by atoms with Gasteiger partial charge in [0.1, 0.15) is 6.73 Å². The third kappa shape index (κ3) is 11.8. The molecule has 0 heterocycles. The van der Waals surface area contributed by atoms with E-state index < -0.39 is 0 Å². The number of nitrogens with zero attached hydrogens (tertiary/aromatic N) is 2. The fraction of sp³-hybridized carbons (Fsp3) is 1.00. The first kappa shape index (κ1) is 15.3. The molecule has 0 fully saturated rings. The molecular formula is C9H25N3O. The van der Waals surface area contributed by atoms with E-state index in [1.807, 2.05) is 25.9 Å². The molecule has 0 radical (unpaired) electrons. The molecule has 0 aromatic rings. The lowest BCUT2D eigenvalue weighted by molar-refractivity contribution is 0.125. The summed E-state index contributed by atoms with van der Waals surface area (Å²) in [4.78, 5) is 2.22. The second-order valence-corrected chi connectivity index (χ2v) is 2.63. The van der Waals surface area contributed by atoms with Crippen LogP contribution in [0.25, 0.3) is 0 Å². The molecule has 82 valence electrons. The van der Waals surface area contributed by atoms with Gasteiger partial charge in [-0.15, -0.1) is 0 Å². The lowest BCUT2D eigenvalue weighted by Crippen LogP contribution is -2.40. The lowest BCUT2D eigenvalue weighted by Gasteiger charge is -2.20. The molecule has 0 saturated heterocycles. The fourth-order valence-electron chi connectivity index (χ4n) is 0.679. The van der Waals surface area contributed by atoms with Gasteiger partial charge in [-0.25, -0.2) is 10.4 Å². The van der Waals surface area contributed by atoms with Crippen molar-refractivity contribution in [1.82, 2.24) is 15.3 Å². The van der Waals surface area contributed by atoms with E-state index in [-0.39, 0.29) is 6.73 Å². The number of aliphatic hydroxyl groups excluding tert-OH is 1. The molecule has 0 aliphatic carbocycles. The zero-order valence-electron chi connectivity index (χ0n) is 9.67. The Kier molecular flexibility index (Phi) is 14.0. The lowest BCUT2D eigenvalue weighted by atomic mass is 10.5. The maximum atomic E-state index is 8.49. The van der Waals surface area contributed by atoms with Gasteiger partial charge in [-0.05, 0) is 13.6 Å². The smallest absolute Gasteiger partial charge is 0.106 e. The first-order valence-electron chi connectivity index (χ1n) is 4.94. The summed E-state index contributed by atoms with van der Waals surface area (Å²) in [6.07, 6.45) is 0. The molecule has 2 N–H and O–H groups in total. The van der Waals surface area contributed by atoms with Crippen LogP contribution in [0.1, 0.15) is 20.8 Å². The van der Waals surface area contributed by atoms with Crippen LogP contribution < -0.4 is 5.43 Å². The van der Waals surface area contributed by atoms with Crippen LogP contribution in [-0.2, 0) is 0 Å². The molecule has 0 aliphatic rings. The van der Waals surface area contributed by atoms with Crippen molar-refractivity contribution < 1.29 is 5.11 Å². The summed E-state index contributed by atoms with van der Waals surface area (Å²) in [6, 6.07) is 0. The number of hydrogen-bond donors (Lipinski definition) is 2. The van der Waals surface area contributed by atoms with Gasteiger partial charge in [0, 0.05) is 20.1 Å². The van der Waals surface area contributed by atoms with E-state index in [2.05, 4.69) is 24.3 Å². The van der Waals surface area contributed by atoms with Crippen LogP contribution in [0.5, 0.6) is 0 Å². The molecule has 0 atom stereocenters. The second kappa shape index (κ2) is 11.8. The van der Waals surface area contributed by atoms with Gasteiger partial charge in [-0.2, -0.15) is 0 Å². The van der Waals surface area contributed by atoms with Crippen molar-refractivity contribution in [2.24, 2.45) is 0 Å². The topological polar surface area (TPSA) is 38.7 Å². The van der Waals surface area contributed by atoms with Crippen molar-refractivity contribution in [3.63, 3.8) is 0 Å². The monoisotopic (exact) mass is 191 g/mol. The zero-order valence-corrected chi connectivity index (χ0v) is 9.67. The van der Waals surface area contributed by atoms with E-state index in [9.17, 15) is 0 Å². The molecule has 0 aromatic heterocycles. The number of nitrogens with one attached hydrogen (secondary N) is 1. The standard InChI is InChI=1S/C7H19N3O.C2H6/c1-4-9(2)5-6-10(3)8-7-11;1-2/h8,11H,4-7H2,1-3H3;1-2H3. The Morgan fingerprint density at radius 1 is 1.15 bits per heavy atom. The highest BCUT2D eigenvalue weighted by molar-refractivity contribution is 4.50. The molecule has 0 bridgehead atoms. The van der Waals surface area contributed by atoms with Crippen molar-refractivity contribution in [2.75, 3.05) is 40.5 Å². The predicted molar refractivity (Wildman–Crippen MR) is 57.4 cm³/mol. The Morgan fingerprint density at radius 3 is 2.08 bits per heavy atom. The molecule has 0 spiro atoms. The number of rotatable bonds is 6. The second-order valence-electron chi connectivity index (χ2n) is 2.63. The molecule has 4 heteroatoms. The normalized spacial score (nSPS) is 10.2. The Balaban J connectivity index is 0. The van der Waals surface area contributed by atoms with E-state index in [1.54, 1.807) is 0 Å². The Hall–Kier alpha value is -0.160. The third-order valence-electron chi connectivity index (χ3n) is 1.70. The van der Waals surface area contributed by atoms with Crippen LogP contribution >= 0.6 is 0 Å². The van der Waals surface area contributed by atoms with E-state index >= 15 is 0 Å². The van der Waals surface area contributed by atoms with Gasteiger partial charge in [-0.3, -0.25) is 0 Å². The number of aliphatic hydroxyl groups is 1. The van der Waals surface area contributed by atoms with E-state index in [1.165, 1.54) is 0 Å². The molecule has 0 saturated carbocycles. The molecular weight excluding hydrogens is 166 g/mol. The summed E-state index contributed by atoms with van der Waals surface area (Å²) in [5.74, 6) is 0. The van der Waals surface area contributed by atoms with E-state index in [4.69, 9.17) is 5.11 Å². The van der Waals surface area contributed by atoms with Gasteiger partial charge in [-0.1, -0.05) is 20.8 Å². The summed E-state index contributed by atoms with van der Waals surface area (Å²) in [7, 11) is 3.99. The van der Waals surface area contributed by atoms with Crippen LogP contribution in [0.2, 0.25) is 0 Å².